The lowest BCUT2D eigenvalue weighted by molar-refractivity contribution is 0.952. The molecule has 0 amide bonds. The third kappa shape index (κ3) is 3.63. The van der Waals surface area contributed by atoms with Crippen LogP contribution in [0.2, 0.25) is 0 Å². The van der Waals surface area contributed by atoms with E-state index in [1.807, 2.05) is 36.4 Å². The molecule has 1 aliphatic heterocycles. The number of hydrogen-bond donors (Lipinski definition) is 0. The quantitative estimate of drug-likeness (QED) is 0.208. The van der Waals surface area contributed by atoms with Crippen molar-refractivity contribution < 1.29 is 0 Å². The van der Waals surface area contributed by atoms with Gasteiger partial charge in [0.05, 0.1) is 11.0 Å². The zero-order chi connectivity index (χ0) is 29.4. The minimum atomic E-state index is -1.30. The van der Waals surface area contributed by atoms with Gasteiger partial charge in [-0.1, -0.05) is 109 Å². The lowest BCUT2D eigenvalue weighted by atomic mass is 9.96. The van der Waals surface area contributed by atoms with Gasteiger partial charge in [-0.05, 0) is 53.3 Å². The third-order valence-electron chi connectivity index (χ3n) is 8.92. The molecule has 0 spiro atoms. The largest absolute Gasteiger partial charge is 0.278 e. The summed E-state index contributed by atoms with van der Waals surface area (Å²) in [4.78, 5) is 18.1. The van der Waals surface area contributed by atoms with Gasteiger partial charge in [0, 0.05) is 37.1 Å². The Morgan fingerprint density at radius 2 is 1.14 bits per heavy atom. The molecule has 3 heterocycles. The summed E-state index contributed by atoms with van der Waals surface area (Å²) >= 11 is 0. The molecule has 2 aromatic heterocycles. The number of benzene rings is 6. The van der Waals surface area contributed by atoms with Gasteiger partial charge in [0.25, 0.3) is 0 Å². The Kier molecular flexibility index (Phi) is 5.38. The van der Waals surface area contributed by atoms with E-state index in [-0.39, 0.29) is 0 Å². The highest BCUT2D eigenvalue weighted by Crippen LogP contribution is 2.66. The van der Waals surface area contributed by atoms with Crippen molar-refractivity contribution in [2.45, 2.75) is 9.79 Å². The number of hydrogen-bond acceptors (Lipinski definition) is 3. The fourth-order valence-electron chi connectivity index (χ4n) is 6.82. The van der Waals surface area contributed by atoms with Gasteiger partial charge in [-0.3, -0.25) is 4.57 Å². The number of para-hydroxylation sites is 1. The summed E-state index contributed by atoms with van der Waals surface area (Å²) in [6.45, 7) is 0. The van der Waals surface area contributed by atoms with Crippen LogP contribution in [0, 0.1) is 0 Å². The molecule has 0 unspecified atom stereocenters. The maximum absolute atomic E-state index is 5.14. The van der Waals surface area contributed by atoms with Crippen LogP contribution in [0.1, 0.15) is 0 Å². The van der Waals surface area contributed by atoms with Crippen molar-refractivity contribution in [1.82, 2.24) is 19.5 Å². The summed E-state index contributed by atoms with van der Waals surface area (Å²) in [6.07, 6.45) is 4.86. The van der Waals surface area contributed by atoms with Gasteiger partial charge in [-0.15, -0.1) is 0 Å². The smallest absolute Gasteiger partial charge is 0.238 e. The summed E-state index contributed by atoms with van der Waals surface area (Å²) < 4.78 is 2.24. The first-order valence-corrected chi connectivity index (χ1v) is 17.2. The first-order valence-electron chi connectivity index (χ1n) is 14.8. The molecule has 8 aromatic rings. The summed E-state index contributed by atoms with van der Waals surface area (Å²) in [6, 6.07) is 47.3. The zero-order valence-electron chi connectivity index (χ0n) is 24.4. The standard InChI is InChI=1S/C39H28N4S/c1-44(2)34-22-12-18-25-17-11-20-29(36(25)34)31-23-30-28-19-9-10-21-32(28)43(33(30)24-35(31)44)39-41-37(26-13-5-3-6-14-26)40-38(42-39)27-15-7-4-8-16-27/h3-24H,1-2H3. The van der Waals surface area contributed by atoms with Crippen LogP contribution in [0.4, 0.5) is 0 Å². The average Bonchev–Trinajstić information content (AvgIpc) is 3.41. The van der Waals surface area contributed by atoms with Gasteiger partial charge in [0.1, 0.15) is 0 Å². The van der Waals surface area contributed by atoms with Crippen LogP contribution in [0.3, 0.4) is 0 Å². The van der Waals surface area contributed by atoms with Gasteiger partial charge in [-0.25, -0.2) is 4.98 Å². The second-order valence-corrected chi connectivity index (χ2v) is 15.3. The molecule has 210 valence electrons. The van der Waals surface area contributed by atoms with Crippen LogP contribution in [0.5, 0.6) is 0 Å². The normalized spacial score (nSPS) is 14.1. The van der Waals surface area contributed by atoms with Crippen molar-refractivity contribution >= 4 is 42.6 Å². The highest BCUT2D eigenvalue weighted by atomic mass is 32.3. The molecule has 44 heavy (non-hydrogen) atoms. The minimum absolute atomic E-state index is 0.620. The molecule has 5 heteroatoms. The maximum atomic E-state index is 5.14. The number of nitrogens with zero attached hydrogens (tertiary/aromatic N) is 4. The summed E-state index contributed by atoms with van der Waals surface area (Å²) in [7, 11) is -1.30. The number of rotatable bonds is 3. The van der Waals surface area contributed by atoms with Crippen molar-refractivity contribution in [2.24, 2.45) is 0 Å². The Morgan fingerprint density at radius 1 is 0.500 bits per heavy atom. The van der Waals surface area contributed by atoms with Crippen LogP contribution in [-0.4, -0.2) is 32.0 Å². The lowest BCUT2D eigenvalue weighted by Crippen LogP contribution is -2.08. The average molecular weight is 585 g/mol. The Balaban J connectivity index is 1.39. The predicted molar refractivity (Wildman–Crippen MR) is 184 cm³/mol. The minimum Gasteiger partial charge on any atom is -0.278 e. The van der Waals surface area contributed by atoms with E-state index in [0.717, 1.165) is 22.2 Å². The molecule has 0 saturated heterocycles. The van der Waals surface area contributed by atoms with E-state index in [0.29, 0.717) is 17.6 Å². The highest BCUT2D eigenvalue weighted by Gasteiger charge is 2.31. The Hall–Kier alpha value is -5.26. The summed E-state index contributed by atoms with van der Waals surface area (Å²) in [5, 5.41) is 5.09. The van der Waals surface area contributed by atoms with Crippen molar-refractivity contribution in [1.29, 1.82) is 0 Å². The van der Waals surface area contributed by atoms with E-state index in [4.69, 9.17) is 15.0 Å². The van der Waals surface area contributed by atoms with Crippen LogP contribution in [0.25, 0.3) is 72.4 Å². The second-order valence-electron chi connectivity index (χ2n) is 11.7. The maximum Gasteiger partial charge on any atom is 0.238 e. The summed E-state index contributed by atoms with van der Waals surface area (Å²) in [5.74, 6) is 1.93. The molecule has 0 N–H and O–H groups in total. The van der Waals surface area contributed by atoms with E-state index in [2.05, 4.69) is 114 Å². The fourth-order valence-corrected chi connectivity index (χ4v) is 9.33. The van der Waals surface area contributed by atoms with Crippen LogP contribution < -0.4 is 0 Å². The van der Waals surface area contributed by atoms with Crippen molar-refractivity contribution in [3.8, 4) is 39.9 Å². The third-order valence-corrected chi connectivity index (χ3v) is 11.8. The zero-order valence-corrected chi connectivity index (χ0v) is 25.2. The molecule has 4 nitrogen and oxygen atoms in total. The van der Waals surface area contributed by atoms with Crippen LogP contribution >= 0.6 is 10.0 Å². The number of aromatic nitrogens is 4. The highest BCUT2D eigenvalue weighted by molar-refractivity contribution is 8.33. The molecule has 0 bridgehead atoms. The van der Waals surface area contributed by atoms with Gasteiger partial charge < -0.3 is 0 Å². The molecular weight excluding hydrogens is 557 g/mol. The van der Waals surface area contributed by atoms with E-state index >= 15 is 0 Å². The van der Waals surface area contributed by atoms with E-state index in [1.165, 1.54) is 42.5 Å². The predicted octanol–water partition coefficient (Wildman–Crippen LogP) is 9.92. The molecule has 1 aliphatic rings. The molecule has 0 saturated carbocycles. The topological polar surface area (TPSA) is 43.6 Å². The molecule has 0 fully saturated rings. The molecule has 0 atom stereocenters. The van der Waals surface area contributed by atoms with Gasteiger partial charge >= 0.3 is 0 Å². The van der Waals surface area contributed by atoms with E-state index < -0.39 is 10.0 Å². The molecule has 0 radical (unpaired) electrons. The number of fused-ring (bicyclic) bond motifs is 5. The van der Waals surface area contributed by atoms with E-state index in [9.17, 15) is 0 Å². The summed E-state index contributed by atoms with van der Waals surface area (Å²) in [5.41, 5.74) is 6.76. The monoisotopic (exact) mass is 584 g/mol. The Bertz CT molecular complexity index is 2350. The van der Waals surface area contributed by atoms with E-state index in [1.54, 1.807) is 0 Å². The first-order chi connectivity index (χ1) is 21.6. The van der Waals surface area contributed by atoms with Crippen molar-refractivity contribution in [2.75, 3.05) is 12.5 Å². The molecule has 6 aromatic carbocycles. The Labute approximate surface area is 257 Å². The van der Waals surface area contributed by atoms with Crippen LogP contribution in [-0.2, 0) is 0 Å². The lowest BCUT2D eigenvalue weighted by Gasteiger charge is -2.39. The Morgan fingerprint density at radius 3 is 1.84 bits per heavy atom. The van der Waals surface area contributed by atoms with Crippen molar-refractivity contribution in [3.63, 3.8) is 0 Å². The van der Waals surface area contributed by atoms with Gasteiger partial charge in [-0.2, -0.15) is 20.0 Å². The molecular formula is C39H28N4S. The fraction of sp³-hybridized carbons (Fsp3) is 0.0513. The van der Waals surface area contributed by atoms with Crippen molar-refractivity contribution in [3.05, 3.63) is 133 Å². The first kappa shape index (κ1) is 25.3. The molecule has 9 rings (SSSR count). The van der Waals surface area contributed by atoms with Gasteiger partial charge in [0.15, 0.2) is 11.6 Å². The van der Waals surface area contributed by atoms with Gasteiger partial charge in [0.2, 0.25) is 5.95 Å². The SMILES string of the molecule is CS1(C)c2cc3c(cc2-c2cccc4cccc1c24)c1ccccc1n3-c1nc(-c2ccccc2)nc(-c2ccccc2)n1. The second kappa shape index (κ2) is 9.37. The molecule has 0 aliphatic carbocycles. The van der Waals surface area contributed by atoms with Crippen LogP contribution in [0.15, 0.2) is 143 Å².